The number of aryl methyl sites for hydroxylation is 1. The van der Waals surface area contributed by atoms with Crippen LogP contribution >= 0.6 is 0 Å². The predicted octanol–water partition coefficient (Wildman–Crippen LogP) is 2.54. The van der Waals surface area contributed by atoms with Crippen LogP contribution in [0.25, 0.3) is 0 Å². The molecule has 19 heavy (non-hydrogen) atoms. The first-order valence-corrected chi connectivity index (χ1v) is 5.90. The summed E-state index contributed by atoms with van der Waals surface area (Å²) in [7, 11) is 0. The second kappa shape index (κ2) is 7.13. The Kier molecular flexibility index (Phi) is 5.82. The maximum Gasteiger partial charge on any atom is 0.416 e. The minimum atomic E-state index is -4.21. The van der Waals surface area contributed by atoms with Crippen molar-refractivity contribution in [2.45, 2.75) is 19.5 Å². The number of hydrogen-bond acceptors (Lipinski definition) is 3. The summed E-state index contributed by atoms with van der Waals surface area (Å²) < 4.78 is 40.5. The molecule has 1 aliphatic heterocycles. The van der Waals surface area contributed by atoms with Crippen LogP contribution in [0.3, 0.4) is 0 Å². The standard InChI is InChI=1S/C8H7F3.C5H9NO2/c1-6-2-4-7(5-3-6)8(9,10)11;7-5-1-2-6-3-4-8-5/h2-5H,1H3;6H,1-4H2. The molecule has 6 heteroatoms. The summed E-state index contributed by atoms with van der Waals surface area (Å²) in [6, 6.07) is 5.05. The maximum absolute atomic E-state index is 11.9. The van der Waals surface area contributed by atoms with E-state index in [-0.39, 0.29) is 5.97 Å². The number of cyclic esters (lactones) is 1. The summed E-state index contributed by atoms with van der Waals surface area (Å²) in [5.74, 6) is -0.0880. The normalized spacial score (nSPS) is 15.9. The molecule has 0 amide bonds. The van der Waals surface area contributed by atoms with E-state index in [1.54, 1.807) is 6.92 Å². The second-order valence-electron chi connectivity index (χ2n) is 4.08. The third-order valence-corrected chi connectivity index (χ3v) is 2.43. The van der Waals surface area contributed by atoms with Crippen molar-refractivity contribution in [2.24, 2.45) is 0 Å². The van der Waals surface area contributed by atoms with Gasteiger partial charge in [0.05, 0.1) is 12.0 Å². The van der Waals surface area contributed by atoms with Crippen LogP contribution in [0.5, 0.6) is 0 Å². The molecule has 2 rings (SSSR count). The highest BCUT2D eigenvalue weighted by atomic mass is 19.4. The lowest BCUT2D eigenvalue weighted by Gasteiger charge is -2.05. The lowest BCUT2D eigenvalue weighted by atomic mass is 10.1. The fraction of sp³-hybridized carbons (Fsp3) is 0.462. The molecule has 0 aliphatic carbocycles. The van der Waals surface area contributed by atoms with Crippen LogP contribution in [0.4, 0.5) is 13.2 Å². The second-order valence-corrected chi connectivity index (χ2v) is 4.08. The number of carbonyl (C=O) groups excluding carboxylic acids is 1. The maximum atomic E-state index is 11.9. The summed E-state index contributed by atoms with van der Waals surface area (Å²) in [5.41, 5.74) is 0.237. The zero-order valence-electron chi connectivity index (χ0n) is 10.6. The van der Waals surface area contributed by atoms with E-state index in [4.69, 9.17) is 4.74 Å². The number of nitrogens with one attached hydrogen (secondary N) is 1. The molecule has 0 unspecified atom stereocenters. The van der Waals surface area contributed by atoms with E-state index in [2.05, 4.69) is 5.32 Å². The quantitative estimate of drug-likeness (QED) is 0.739. The van der Waals surface area contributed by atoms with E-state index < -0.39 is 11.7 Å². The third kappa shape index (κ3) is 6.24. The van der Waals surface area contributed by atoms with E-state index in [9.17, 15) is 18.0 Å². The molecule has 1 N–H and O–H groups in total. The van der Waals surface area contributed by atoms with Gasteiger partial charge in [-0.2, -0.15) is 13.2 Å². The Morgan fingerprint density at radius 3 is 2.37 bits per heavy atom. The van der Waals surface area contributed by atoms with E-state index in [1.165, 1.54) is 12.1 Å². The summed E-state index contributed by atoms with van der Waals surface area (Å²) in [5, 5.41) is 3.03. The van der Waals surface area contributed by atoms with E-state index in [0.717, 1.165) is 30.8 Å². The average Bonchev–Trinajstić information content (AvgIpc) is 2.57. The first-order chi connectivity index (χ1) is 8.89. The van der Waals surface area contributed by atoms with Gasteiger partial charge >= 0.3 is 12.1 Å². The van der Waals surface area contributed by atoms with Crippen LogP contribution in [-0.2, 0) is 15.7 Å². The number of benzene rings is 1. The van der Waals surface area contributed by atoms with Gasteiger partial charge in [0.15, 0.2) is 0 Å². The summed E-state index contributed by atoms with van der Waals surface area (Å²) in [4.78, 5) is 10.4. The molecule has 0 atom stereocenters. The molecule has 1 heterocycles. The Morgan fingerprint density at radius 1 is 1.16 bits per heavy atom. The topological polar surface area (TPSA) is 38.3 Å². The molecule has 1 saturated heterocycles. The first-order valence-electron chi connectivity index (χ1n) is 5.90. The van der Waals surface area contributed by atoms with Crippen LogP contribution < -0.4 is 5.32 Å². The van der Waals surface area contributed by atoms with Crippen LogP contribution in [-0.4, -0.2) is 25.7 Å². The molecule has 0 saturated carbocycles. The van der Waals surface area contributed by atoms with Gasteiger partial charge < -0.3 is 10.1 Å². The summed E-state index contributed by atoms with van der Waals surface area (Å²) >= 11 is 0. The fourth-order valence-electron chi connectivity index (χ4n) is 1.37. The van der Waals surface area contributed by atoms with Crippen molar-refractivity contribution < 1.29 is 22.7 Å². The molecule has 1 aliphatic rings. The van der Waals surface area contributed by atoms with Gasteiger partial charge in [-0.1, -0.05) is 17.7 Å². The van der Waals surface area contributed by atoms with Gasteiger partial charge in [0.25, 0.3) is 0 Å². The number of hydrogen-bond donors (Lipinski definition) is 1. The van der Waals surface area contributed by atoms with Crippen molar-refractivity contribution in [3.63, 3.8) is 0 Å². The monoisotopic (exact) mass is 275 g/mol. The fourth-order valence-corrected chi connectivity index (χ4v) is 1.37. The van der Waals surface area contributed by atoms with Gasteiger partial charge in [0.2, 0.25) is 0 Å². The van der Waals surface area contributed by atoms with Gasteiger partial charge in [0.1, 0.15) is 6.61 Å². The molecule has 0 spiro atoms. The van der Waals surface area contributed by atoms with Crippen molar-refractivity contribution in [1.82, 2.24) is 5.32 Å². The van der Waals surface area contributed by atoms with Crippen molar-refractivity contribution in [2.75, 3.05) is 19.7 Å². The minimum absolute atomic E-state index is 0.0880. The molecular weight excluding hydrogens is 259 g/mol. The van der Waals surface area contributed by atoms with Crippen LogP contribution in [0, 0.1) is 6.92 Å². The van der Waals surface area contributed by atoms with E-state index >= 15 is 0 Å². The predicted molar refractivity (Wildman–Crippen MR) is 64.6 cm³/mol. The number of ether oxygens (including phenoxy) is 1. The lowest BCUT2D eigenvalue weighted by molar-refractivity contribution is -0.142. The number of alkyl halides is 3. The van der Waals surface area contributed by atoms with E-state index in [0.29, 0.717) is 13.0 Å². The highest BCUT2D eigenvalue weighted by Gasteiger charge is 2.29. The lowest BCUT2D eigenvalue weighted by Crippen LogP contribution is -2.16. The highest BCUT2D eigenvalue weighted by molar-refractivity contribution is 5.69. The van der Waals surface area contributed by atoms with Gasteiger partial charge in [-0.05, 0) is 19.1 Å². The minimum Gasteiger partial charge on any atom is -0.464 e. The van der Waals surface area contributed by atoms with Gasteiger partial charge in [-0.25, -0.2) is 0 Å². The largest absolute Gasteiger partial charge is 0.464 e. The Balaban J connectivity index is 0.000000200. The van der Waals surface area contributed by atoms with E-state index in [1.807, 2.05) is 0 Å². The SMILES string of the molecule is Cc1ccc(C(F)(F)F)cc1.O=C1CCNCCO1. The summed E-state index contributed by atoms with van der Waals surface area (Å²) in [6.45, 7) is 3.84. The number of halogens is 3. The molecule has 0 aromatic heterocycles. The highest BCUT2D eigenvalue weighted by Crippen LogP contribution is 2.28. The first kappa shape index (κ1) is 15.5. The average molecular weight is 275 g/mol. The molecule has 1 aromatic rings. The smallest absolute Gasteiger partial charge is 0.416 e. The van der Waals surface area contributed by atoms with Crippen LogP contribution in [0.2, 0.25) is 0 Å². The zero-order chi connectivity index (χ0) is 14.3. The number of rotatable bonds is 0. The van der Waals surface area contributed by atoms with Gasteiger partial charge in [0, 0.05) is 13.1 Å². The number of esters is 1. The zero-order valence-corrected chi connectivity index (χ0v) is 10.6. The molecule has 3 nitrogen and oxygen atoms in total. The molecule has 1 fully saturated rings. The number of carbonyl (C=O) groups is 1. The van der Waals surface area contributed by atoms with Crippen molar-refractivity contribution in [3.05, 3.63) is 35.4 Å². The van der Waals surface area contributed by atoms with Crippen molar-refractivity contribution in [3.8, 4) is 0 Å². The Bertz CT molecular complexity index is 391. The molecule has 1 aromatic carbocycles. The van der Waals surface area contributed by atoms with Crippen molar-refractivity contribution in [1.29, 1.82) is 0 Å². The Morgan fingerprint density at radius 2 is 1.79 bits per heavy atom. The molecule has 0 radical (unpaired) electrons. The Labute approximate surface area is 109 Å². The molecular formula is C13H16F3NO2. The van der Waals surface area contributed by atoms with Crippen molar-refractivity contribution >= 4 is 5.97 Å². The van der Waals surface area contributed by atoms with Crippen LogP contribution in [0.15, 0.2) is 24.3 Å². The van der Waals surface area contributed by atoms with Crippen LogP contribution in [0.1, 0.15) is 17.5 Å². The molecule has 106 valence electrons. The van der Waals surface area contributed by atoms with Gasteiger partial charge in [-0.15, -0.1) is 0 Å². The Hall–Kier alpha value is -1.56. The summed E-state index contributed by atoms with van der Waals surface area (Å²) in [6.07, 6.45) is -3.70. The van der Waals surface area contributed by atoms with Gasteiger partial charge in [-0.3, -0.25) is 4.79 Å². The molecule has 0 bridgehead atoms. The third-order valence-electron chi connectivity index (χ3n) is 2.43.